The molecular formula is C22H18ClF2NO4. The van der Waals surface area contributed by atoms with Crippen molar-refractivity contribution < 1.29 is 27.9 Å². The van der Waals surface area contributed by atoms with Crippen molar-refractivity contribution in [3.05, 3.63) is 76.3 Å². The van der Waals surface area contributed by atoms with Crippen molar-refractivity contribution in [1.29, 1.82) is 0 Å². The van der Waals surface area contributed by atoms with Crippen LogP contribution in [0.25, 0.3) is 6.08 Å². The van der Waals surface area contributed by atoms with Crippen LogP contribution in [-0.2, 0) is 14.3 Å². The number of hydrogen-bond donors (Lipinski definition) is 0. The molecule has 30 heavy (non-hydrogen) atoms. The Bertz CT molecular complexity index is 971. The first-order valence-corrected chi connectivity index (χ1v) is 9.68. The molecule has 1 fully saturated rings. The smallest absolute Gasteiger partial charge is 0.331 e. The molecule has 1 unspecified atom stereocenters. The second-order valence-corrected chi connectivity index (χ2v) is 7.10. The summed E-state index contributed by atoms with van der Waals surface area (Å²) in [5.41, 5.74) is 0.183. The number of likely N-dealkylation sites (tertiary alicyclic amines) is 1. The highest BCUT2D eigenvalue weighted by molar-refractivity contribution is 6.32. The van der Waals surface area contributed by atoms with Crippen LogP contribution < -0.4 is 0 Å². The van der Waals surface area contributed by atoms with E-state index in [1.54, 1.807) is 0 Å². The second-order valence-electron chi connectivity index (χ2n) is 6.69. The van der Waals surface area contributed by atoms with Gasteiger partial charge in [0, 0.05) is 23.7 Å². The van der Waals surface area contributed by atoms with Gasteiger partial charge < -0.3 is 4.74 Å². The Balaban J connectivity index is 1.71. The first kappa shape index (κ1) is 21.6. The standard InChI is InChI=1S/C22H18ClF2NO4/c23-17-4-3-5-18(25)16(17)11-12-20(27)30-19-6-1-2-13-26(22(19)29)21(28)14-7-9-15(24)10-8-14/h3-5,7-12,19H,1-2,6,13H2/b12-11+. The maximum absolute atomic E-state index is 13.8. The Morgan fingerprint density at radius 3 is 2.53 bits per heavy atom. The fourth-order valence-electron chi connectivity index (χ4n) is 3.07. The summed E-state index contributed by atoms with van der Waals surface area (Å²) in [6.45, 7) is 0.170. The maximum atomic E-state index is 13.8. The van der Waals surface area contributed by atoms with Gasteiger partial charge in [-0.15, -0.1) is 0 Å². The van der Waals surface area contributed by atoms with Gasteiger partial charge in [-0.3, -0.25) is 14.5 Å². The van der Waals surface area contributed by atoms with Gasteiger partial charge in [0.1, 0.15) is 11.6 Å². The Hall–Kier alpha value is -3.06. The number of nitrogens with zero attached hydrogens (tertiary/aromatic N) is 1. The van der Waals surface area contributed by atoms with E-state index in [0.717, 1.165) is 23.1 Å². The molecule has 1 saturated heterocycles. The van der Waals surface area contributed by atoms with E-state index in [1.807, 2.05) is 0 Å². The number of carbonyl (C=O) groups excluding carboxylic acids is 3. The van der Waals surface area contributed by atoms with Gasteiger partial charge >= 0.3 is 5.97 Å². The van der Waals surface area contributed by atoms with Crippen molar-refractivity contribution >= 4 is 35.5 Å². The zero-order chi connectivity index (χ0) is 21.7. The van der Waals surface area contributed by atoms with Crippen molar-refractivity contribution in [2.45, 2.75) is 25.4 Å². The minimum atomic E-state index is -1.15. The fraction of sp³-hybridized carbons (Fsp3) is 0.227. The molecule has 2 amide bonds. The van der Waals surface area contributed by atoms with Crippen LogP contribution in [0.15, 0.2) is 48.5 Å². The minimum Gasteiger partial charge on any atom is -0.449 e. The summed E-state index contributed by atoms with van der Waals surface area (Å²) in [4.78, 5) is 38.6. The average molecular weight is 434 g/mol. The van der Waals surface area contributed by atoms with Gasteiger partial charge in [0.2, 0.25) is 0 Å². The van der Waals surface area contributed by atoms with Crippen molar-refractivity contribution in [2.75, 3.05) is 6.54 Å². The molecule has 0 N–H and O–H groups in total. The Morgan fingerprint density at radius 1 is 1.10 bits per heavy atom. The van der Waals surface area contributed by atoms with E-state index < -0.39 is 35.5 Å². The molecule has 1 atom stereocenters. The van der Waals surface area contributed by atoms with Crippen LogP contribution in [-0.4, -0.2) is 35.3 Å². The molecule has 1 heterocycles. The molecule has 0 aromatic heterocycles. The number of ether oxygens (including phenoxy) is 1. The van der Waals surface area contributed by atoms with Gasteiger partial charge in [-0.25, -0.2) is 13.6 Å². The van der Waals surface area contributed by atoms with Gasteiger partial charge in [-0.1, -0.05) is 17.7 Å². The molecule has 0 spiro atoms. The van der Waals surface area contributed by atoms with Gasteiger partial charge in [0.25, 0.3) is 11.8 Å². The lowest BCUT2D eigenvalue weighted by Crippen LogP contribution is -2.43. The lowest BCUT2D eigenvalue weighted by Gasteiger charge is -2.22. The van der Waals surface area contributed by atoms with E-state index in [2.05, 4.69) is 0 Å². The highest BCUT2D eigenvalue weighted by Gasteiger charge is 2.33. The summed E-state index contributed by atoms with van der Waals surface area (Å²) in [5.74, 6) is -3.19. The molecule has 2 aromatic carbocycles. The van der Waals surface area contributed by atoms with Crippen molar-refractivity contribution in [1.82, 2.24) is 4.90 Å². The average Bonchev–Trinajstić information content (AvgIpc) is 2.89. The predicted molar refractivity (Wildman–Crippen MR) is 107 cm³/mol. The quantitative estimate of drug-likeness (QED) is 0.407. The molecule has 156 valence electrons. The maximum Gasteiger partial charge on any atom is 0.331 e. The molecule has 1 aliphatic rings. The van der Waals surface area contributed by atoms with Crippen LogP contribution in [0.1, 0.15) is 35.2 Å². The molecule has 0 saturated carbocycles. The number of imide groups is 1. The van der Waals surface area contributed by atoms with Gasteiger partial charge in [-0.05, 0) is 61.7 Å². The number of rotatable bonds is 4. The molecule has 5 nitrogen and oxygen atoms in total. The summed E-state index contributed by atoms with van der Waals surface area (Å²) in [7, 11) is 0. The fourth-order valence-corrected chi connectivity index (χ4v) is 3.29. The SMILES string of the molecule is O=C(/C=C/c1c(F)cccc1Cl)OC1CCCCN(C(=O)c2ccc(F)cc2)C1=O. The molecule has 8 heteroatoms. The van der Waals surface area contributed by atoms with Crippen LogP contribution in [0.2, 0.25) is 5.02 Å². The Labute approximate surface area is 176 Å². The summed E-state index contributed by atoms with van der Waals surface area (Å²) in [6.07, 6.45) is 2.38. The highest BCUT2D eigenvalue weighted by Crippen LogP contribution is 2.21. The number of benzene rings is 2. The van der Waals surface area contributed by atoms with Gasteiger partial charge in [0.05, 0.1) is 5.02 Å². The van der Waals surface area contributed by atoms with Crippen LogP contribution in [0.5, 0.6) is 0 Å². The molecule has 3 rings (SSSR count). The monoisotopic (exact) mass is 433 g/mol. The topological polar surface area (TPSA) is 63.7 Å². The van der Waals surface area contributed by atoms with E-state index in [4.69, 9.17) is 16.3 Å². The zero-order valence-electron chi connectivity index (χ0n) is 15.8. The van der Waals surface area contributed by atoms with Crippen LogP contribution in [0, 0.1) is 11.6 Å². The first-order chi connectivity index (χ1) is 14.4. The Morgan fingerprint density at radius 2 is 1.83 bits per heavy atom. The molecule has 0 aliphatic carbocycles. The van der Waals surface area contributed by atoms with E-state index in [0.29, 0.717) is 12.8 Å². The van der Waals surface area contributed by atoms with E-state index in [1.165, 1.54) is 36.4 Å². The van der Waals surface area contributed by atoms with Crippen LogP contribution in [0.3, 0.4) is 0 Å². The molecular weight excluding hydrogens is 416 g/mol. The number of hydrogen-bond acceptors (Lipinski definition) is 4. The number of amides is 2. The molecule has 2 aromatic rings. The van der Waals surface area contributed by atoms with Crippen molar-refractivity contribution in [3.63, 3.8) is 0 Å². The van der Waals surface area contributed by atoms with Crippen LogP contribution >= 0.6 is 11.6 Å². The van der Waals surface area contributed by atoms with Gasteiger partial charge in [-0.2, -0.15) is 0 Å². The Kier molecular flexibility index (Phi) is 6.95. The second kappa shape index (κ2) is 9.63. The van der Waals surface area contributed by atoms with E-state index in [9.17, 15) is 23.2 Å². The number of carbonyl (C=O) groups is 3. The third-order valence-electron chi connectivity index (χ3n) is 4.62. The zero-order valence-corrected chi connectivity index (χ0v) is 16.6. The van der Waals surface area contributed by atoms with Crippen LogP contribution in [0.4, 0.5) is 8.78 Å². The lowest BCUT2D eigenvalue weighted by atomic mass is 10.1. The summed E-state index contributed by atoms with van der Waals surface area (Å²) in [6, 6.07) is 8.95. The van der Waals surface area contributed by atoms with E-state index >= 15 is 0 Å². The van der Waals surface area contributed by atoms with E-state index in [-0.39, 0.29) is 29.1 Å². The summed E-state index contributed by atoms with van der Waals surface area (Å²) >= 11 is 5.91. The van der Waals surface area contributed by atoms with Gasteiger partial charge in [0.15, 0.2) is 6.10 Å². The third kappa shape index (κ3) is 5.10. The molecule has 0 bridgehead atoms. The molecule has 1 aliphatic heterocycles. The van der Waals surface area contributed by atoms with Crippen molar-refractivity contribution in [3.8, 4) is 0 Å². The lowest BCUT2D eigenvalue weighted by molar-refractivity contribution is -0.154. The highest BCUT2D eigenvalue weighted by atomic mass is 35.5. The summed E-state index contributed by atoms with van der Waals surface area (Å²) in [5, 5.41) is 0.126. The number of halogens is 3. The largest absolute Gasteiger partial charge is 0.449 e. The molecule has 0 radical (unpaired) electrons. The predicted octanol–water partition coefficient (Wildman–Crippen LogP) is 4.40. The van der Waals surface area contributed by atoms with Crippen molar-refractivity contribution in [2.24, 2.45) is 0 Å². The third-order valence-corrected chi connectivity index (χ3v) is 4.95. The minimum absolute atomic E-state index is 0.0245. The normalized spacial score (nSPS) is 17.1. The summed E-state index contributed by atoms with van der Waals surface area (Å²) < 4.78 is 32.1. The number of esters is 1. The first-order valence-electron chi connectivity index (χ1n) is 9.31.